The molecule has 0 saturated carbocycles. The van der Waals surface area contributed by atoms with Crippen LogP contribution in [0.15, 0.2) is 48.5 Å². The van der Waals surface area contributed by atoms with E-state index in [1.54, 1.807) is 6.07 Å². The highest BCUT2D eigenvalue weighted by Gasteiger charge is 2.48. The van der Waals surface area contributed by atoms with Crippen molar-refractivity contribution in [2.24, 2.45) is 0 Å². The molecule has 6 atom stereocenters. The molecular weight excluding hydrogens is 386 g/mol. The predicted octanol–water partition coefficient (Wildman–Crippen LogP) is 0.637. The molecule has 2 aromatic rings. The number of para-hydroxylation sites is 1. The van der Waals surface area contributed by atoms with Gasteiger partial charge in [-0.05, 0) is 19.7 Å². The lowest BCUT2D eigenvalue weighted by Gasteiger charge is -2.41. The van der Waals surface area contributed by atoms with Gasteiger partial charge in [0, 0.05) is 24.0 Å². The molecule has 0 spiro atoms. The molecule has 2 aliphatic rings. The van der Waals surface area contributed by atoms with Crippen molar-refractivity contribution in [1.82, 2.24) is 4.90 Å². The molecule has 6 unspecified atom stereocenters. The van der Waals surface area contributed by atoms with E-state index >= 15 is 0 Å². The van der Waals surface area contributed by atoms with E-state index in [-0.39, 0.29) is 0 Å². The summed E-state index contributed by atoms with van der Waals surface area (Å²) in [6.45, 7) is -0.465. The summed E-state index contributed by atoms with van der Waals surface area (Å²) in [5, 5.41) is 40.5. The zero-order valence-corrected chi connectivity index (χ0v) is 17.2. The number of ether oxygens (including phenoxy) is 2. The van der Waals surface area contributed by atoms with Crippen molar-refractivity contribution in [3.8, 4) is 5.75 Å². The van der Waals surface area contributed by atoms with Crippen molar-refractivity contribution < 1.29 is 29.9 Å². The van der Waals surface area contributed by atoms with Crippen LogP contribution in [-0.4, -0.2) is 76.2 Å². The van der Waals surface area contributed by atoms with Crippen LogP contribution in [-0.2, 0) is 17.6 Å². The zero-order valence-electron chi connectivity index (χ0n) is 17.2. The van der Waals surface area contributed by atoms with E-state index in [4.69, 9.17) is 9.47 Å². The quantitative estimate of drug-likeness (QED) is 0.568. The van der Waals surface area contributed by atoms with E-state index in [1.165, 1.54) is 0 Å². The highest BCUT2D eigenvalue weighted by atomic mass is 16.6. The Morgan fingerprint density at radius 1 is 0.967 bits per heavy atom. The summed E-state index contributed by atoms with van der Waals surface area (Å²) in [6.07, 6.45) is -4.74. The number of likely N-dealkylation sites (N-methyl/N-ethyl adjacent to an activating group) is 1. The first-order valence-corrected chi connectivity index (χ1v) is 10.2. The van der Waals surface area contributed by atoms with Crippen molar-refractivity contribution >= 4 is 0 Å². The summed E-state index contributed by atoms with van der Waals surface area (Å²) < 4.78 is 12.3. The van der Waals surface area contributed by atoms with Gasteiger partial charge in [-0.25, -0.2) is 0 Å². The smallest absolute Gasteiger partial charge is 0.171 e. The molecule has 4 N–H and O–H groups in total. The Labute approximate surface area is 176 Å². The van der Waals surface area contributed by atoms with Crippen molar-refractivity contribution in [1.29, 1.82) is 0 Å². The maximum Gasteiger partial charge on any atom is 0.171 e. The molecule has 1 fully saturated rings. The van der Waals surface area contributed by atoms with E-state index in [1.807, 2.05) is 44.4 Å². The Bertz CT molecular complexity index is 873. The SMILES string of the molecule is CN(C)C1(Cc2ccccc2)Cc2cccc(C3OC(CO)C(O)C(O)C3O)c2O1. The monoisotopic (exact) mass is 415 g/mol. The van der Waals surface area contributed by atoms with Crippen molar-refractivity contribution in [2.75, 3.05) is 20.7 Å². The molecule has 0 aliphatic carbocycles. The van der Waals surface area contributed by atoms with Crippen LogP contribution in [0.5, 0.6) is 5.75 Å². The first-order valence-electron chi connectivity index (χ1n) is 10.2. The van der Waals surface area contributed by atoms with E-state index < -0.39 is 42.9 Å². The number of hydrogen-bond acceptors (Lipinski definition) is 7. The van der Waals surface area contributed by atoms with E-state index in [2.05, 4.69) is 17.0 Å². The summed E-state index contributed by atoms with van der Waals surface area (Å²) >= 11 is 0. The van der Waals surface area contributed by atoms with Crippen LogP contribution in [0.3, 0.4) is 0 Å². The molecule has 7 heteroatoms. The van der Waals surface area contributed by atoms with Crippen LogP contribution in [0, 0.1) is 0 Å². The van der Waals surface area contributed by atoms with Gasteiger partial charge in [-0.2, -0.15) is 0 Å². The van der Waals surface area contributed by atoms with Crippen LogP contribution in [0.25, 0.3) is 0 Å². The van der Waals surface area contributed by atoms with Gasteiger partial charge in [-0.15, -0.1) is 0 Å². The van der Waals surface area contributed by atoms with Gasteiger partial charge in [0.15, 0.2) is 5.72 Å². The van der Waals surface area contributed by atoms with Gasteiger partial charge in [0.1, 0.15) is 36.3 Å². The molecule has 0 aromatic heterocycles. The molecule has 2 aliphatic heterocycles. The molecule has 0 bridgehead atoms. The summed E-state index contributed by atoms with van der Waals surface area (Å²) in [7, 11) is 3.95. The topological polar surface area (TPSA) is 103 Å². The molecule has 0 amide bonds. The van der Waals surface area contributed by atoms with Crippen LogP contribution in [0.4, 0.5) is 0 Å². The number of aliphatic hydroxyl groups excluding tert-OH is 4. The molecular formula is C23H29NO6. The van der Waals surface area contributed by atoms with Gasteiger partial charge >= 0.3 is 0 Å². The number of nitrogens with zero attached hydrogens (tertiary/aromatic N) is 1. The maximum absolute atomic E-state index is 10.6. The molecule has 4 rings (SSSR count). The molecule has 0 radical (unpaired) electrons. The third kappa shape index (κ3) is 3.62. The molecule has 162 valence electrons. The Hall–Kier alpha value is -2.00. The minimum absolute atomic E-state index is 0.465. The molecule has 2 heterocycles. The van der Waals surface area contributed by atoms with Gasteiger partial charge < -0.3 is 29.9 Å². The average Bonchev–Trinajstić information content (AvgIpc) is 3.13. The predicted molar refractivity (Wildman–Crippen MR) is 110 cm³/mol. The normalized spacial score (nSPS) is 33.4. The summed E-state index contributed by atoms with van der Waals surface area (Å²) in [4.78, 5) is 2.05. The molecule has 1 saturated heterocycles. The van der Waals surface area contributed by atoms with Gasteiger partial charge in [-0.1, -0.05) is 48.5 Å². The van der Waals surface area contributed by atoms with Crippen LogP contribution >= 0.6 is 0 Å². The summed E-state index contributed by atoms with van der Waals surface area (Å²) in [6, 6.07) is 15.8. The molecule has 2 aromatic carbocycles. The lowest BCUT2D eigenvalue weighted by molar-refractivity contribution is -0.232. The average molecular weight is 415 g/mol. The maximum atomic E-state index is 10.6. The number of hydrogen-bond donors (Lipinski definition) is 4. The standard InChI is InChI=1S/C23H29NO6/c1-24(2)23(11-14-7-4-3-5-8-14)12-15-9-6-10-16(21(15)30-23)22-20(28)19(27)18(26)17(13-25)29-22/h3-10,17-20,22,25-28H,11-13H2,1-2H3. The van der Waals surface area contributed by atoms with Crippen molar-refractivity contribution in [2.45, 2.75) is 49.1 Å². The Kier molecular flexibility index (Phi) is 5.85. The third-order valence-electron chi connectivity index (χ3n) is 6.22. The Balaban J connectivity index is 1.68. The second kappa shape index (κ2) is 8.26. The Morgan fingerprint density at radius 2 is 1.70 bits per heavy atom. The number of aliphatic hydroxyl groups is 4. The Morgan fingerprint density at radius 3 is 2.37 bits per heavy atom. The van der Waals surface area contributed by atoms with Gasteiger partial charge in [0.2, 0.25) is 0 Å². The van der Waals surface area contributed by atoms with Crippen LogP contribution in [0.2, 0.25) is 0 Å². The van der Waals surface area contributed by atoms with Crippen LogP contribution < -0.4 is 4.74 Å². The first-order chi connectivity index (χ1) is 14.4. The minimum atomic E-state index is -1.43. The first kappa shape index (κ1) is 21.2. The largest absolute Gasteiger partial charge is 0.471 e. The second-order valence-corrected chi connectivity index (χ2v) is 8.37. The lowest BCUT2D eigenvalue weighted by atomic mass is 9.89. The summed E-state index contributed by atoms with van der Waals surface area (Å²) in [5.41, 5.74) is 2.12. The molecule has 7 nitrogen and oxygen atoms in total. The van der Waals surface area contributed by atoms with Gasteiger partial charge in [0.25, 0.3) is 0 Å². The zero-order chi connectivity index (χ0) is 21.5. The molecule has 30 heavy (non-hydrogen) atoms. The lowest BCUT2D eigenvalue weighted by Crippen LogP contribution is -2.55. The number of fused-ring (bicyclic) bond motifs is 1. The second-order valence-electron chi connectivity index (χ2n) is 8.37. The van der Waals surface area contributed by atoms with Crippen molar-refractivity contribution in [3.63, 3.8) is 0 Å². The van der Waals surface area contributed by atoms with Crippen LogP contribution in [0.1, 0.15) is 22.8 Å². The fourth-order valence-corrected chi connectivity index (χ4v) is 4.40. The minimum Gasteiger partial charge on any atom is -0.471 e. The van der Waals surface area contributed by atoms with E-state index in [9.17, 15) is 20.4 Å². The number of rotatable bonds is 5. The summed E-state index contributed by atoms with van der Waals surface area (Å²) in [5.74, 6) is 0.617. The van der Waals surface area contributed by atoms with E-state index in [0.717, 1.165) is 11.1 Å². The van der Waals surface area contributed by atoms with E-state index in [0.29, 0.717) is 24.2 Å². The fraction of sp³-hybridized carbons (Fsp3) is 0.478. The van der Waals surface area contributed by atoms with Gasteiger partial charge in [0.05, 0.1) is 6.61 Å². The number of benzene rings is 2. The van der Waals surface area contributed by atoms with Crippen molar-refractivity contribution in [3.05, 3.63) is 65.2 Å². The third-order valence-corrected chi connectivity index (χ3v) is 6.22. The fourth-order valence-electron chi connectivity index (χ4n) is 4.40. The van der Waals surface area contributed by atoms with Gasteiger partial charge in [-0.3, -0.25) is 4.90 Å². The highest BCUT2D eigenvalue weighted by molar-refractivity contribution is 5.48. The highest BCUT2D eigenvalue weighted by Crippen LogP contribution is 2.45.